The number of hydrogen-bond acceptors (Lipinski definition) is 6. The molecule has 1 atom stereocenters. The first-order valence-corrected chi connectivity index (χ1v) is 10.3. The first-order chi connectivity index (χ1) is 12.7. The molecule has 1 aliphatic heterocycles. The number of halogens is 2. The molecule has 0 radical (unpaired) electrons. The van der Waals surface area contributed by atoms with Crippen LogP contribution in [-0.4, -0.2) is 51.7 Å². The van der Waals surface area contributed by atoms with E-state index in [1.807, 2.05) is 0 Å². The molecule has 5 rings (SSSR count). The van der Waals surface area contributed by atoms with E-state index in [1.54, 1.807) is 16.9 Å². The lowest BCUT2D eigenvalue weighted by Gasteiger charge is -2.30. The van der Waals surface area contributed by atoms with Gasteiger partial charge in [-0.25, -0.2) is 13.9 Å². The maximum Gasteiger partial charge on any atom is 0.276 e. The zero-order valence-corrected chi connectivity index (χ0v) is 15.1. The average molecular weight is 400 g/mol. The van der Waals surface area contributed by atoms with Gasteiger partial charge in [0.2, 0.25) is 5.89 Å². The molecule has 0 unspecified atom stereocenters. The molecule has 146 valence electrons. The summed E-state index contributed by atoms with van der Waals surface area (Å²) in [6, 6.07) is 2.02. The summed E-state index contributed by atoms with van der Waals surface area (Å²) in [5.41, 5.74) is -0.729. The molecule has 0 amide bonds. The maximum atomic E-state index is 14.7. The molecule has 0 bridgehead atoms. The topological polar surface area (TPSA) is 120 Å². The van der Waals surface area contributed by atoms with Crippen molar-refractivity contribution in [3.05, 3.63) is 18.2 Å². The Hall–Kier alpha value is -1.92. The minimum absolute atomic E-state index is 0.00117. The van der Waals surface area contributed by atoms with Crippen LogP contribution in [0.5, 0.6) is 0 Å². The molecule has 3 heterocycles. The Balaban J connectivity index is 1.40. The van der Waals surface area contributed by atoms with Gasteiger partial charge in [-0.1, -0.05) is 0 Å². The predicted molar refractivity (Wildman–Crippen MR) is 87.8 cm³/mol. The van der Waals surface area contributed by atoms with Gasteiger partial charge in [-0.3, -0.25) is 4.68 Å². The lowest BCUT2D eigenvalue weighted by molar-refractivity contribution is 0.0407. The first-order valence-electron chi connectivity index (χ1n) is 8.77. The van der Waals surface area contributed by atoms with Crippen LogP contribution in [0.3, 0.4) is 0 Å². The highest BCUT2D eigenvalue weighted by molar-refractivity contribution is 7.86. The second-order valence-electron chi connectivity index (χ2n) is 7.49. The van der Waals surface area contributed by atoms with Crippen LogP contribution in [0.15, 0.2) is 16.7 Å². The van der Waals surface area contributed by atoms with Crippen molar-refractivity contribution in [2.75, 3.05) is 13.1 Å². The van der Waals surface area contributed by atoms with E-state index in [-0.39, 0.29) is 37.7 Å². The van der Waals surface area contributed by atoms with Crippen LogP contribution >= 0.6 is 0 Å². The Morgan fingerprint density at radius 3 is 2.56 bits per heavy atom. The SMILES string of the molecule is NS(=O)(=O)N1CCC2(CC1)[C@H](c1nnc(-c3ccnn3C3CC3)o1)C2(F)F. The van der Waals surface area contributed by atoms with Crippen molar-refractivity contribution in [3.63, 3.8) is 0 Å². The third-order valence-corrected chi connectivity index (χ3v) is 7.02. The van der Waals surface area contributed by atoms with Gasteiger partial charge in [0.1, 0.15) is 11.6 Å². The van der Waals surface area contributed by atoms with E-state index < -0.39 is 27.5 Å². The zero-order valence-electron chi connectivity index (χ0n) is 14.3. The number of alkyl halides is 2. The average Bonchev–Trinajstić information content (AvgIpc) is 3.32. The third-order valence-electron chi connectivity index (χ3n) is 5.94. The van der Waals surface area contributed by atoms with Crippen LogP contribution in [0, 0.1) is 5.41 Å². The van der Waals surface area contributed by atoms with Gasteiger partial charge in [0.15, 0.2) is 0 Å². The first kappa shape index (κ1) is 17.2. The molecule has 9 nitrogen and oxygen atoms in total. The molecule has 1 saturated heterocycles. The smallest absolute Gasteiger partial charge is 0.276 e. The van der Waals surface area contributed by atoms with Crippen molar-refractivity contribution in [2.24, 2.45) is 10.6 Å². The second kappa shape index (κ2) is 5.32. The standard InChI is InChI=1S/C15H18F2N6O3S/c16-15(17)11(14(15)4-7-22(8-5-14)27(18,24)25)13-21-20-12(26-13)10-3-6-19-23(10)9-1-2-9/h3,6,9,11H,1-2,4-5,7-8H2,(H2,18,24,25)/t11-/m0/s1. The number of hydrogen-bond donors (Lipinski definition) is 1. The van der Waals surface area contributed by atoms with Crippen molar-refractivity contribution in [2.45, 2.75) is 43.6 Å². The van der Waals surface area contributed by atoms with E-state index in [2.05, 4.69) is 15.3 Å². The summed E-state index contributed by atoms with van der Waals surface area (Å²) in [6.07, 6.45) is 3.64. The van der Waals surface area contributed by atoms with Crippen LogP contribution in [0.1, 0.15) is 43.5 Å². The molecule has 12 heteroatoms. The Labute approximate surface area is 153 Å². The predicted octanol–water partition coefficient (Wildman–Crippen LogP) is 1.29. The lowest BCUT2D eigenvalue weighted by Crippen LogP contribution is -2.43. The summed E-state index contributed by atoms with van der Waals surface area (Å²) in [5, 5.41) is 17.2. The Morgan fingerprint density at radius 1 is 1.22 bits per heavy atom. The molecule has 3 aliphatic rings. The van der Waals surface area contributed by atoms with Gasteiger partial charge in [-0.2, -0.15) is 17.8 Å². The second-order valence-corrected chi connectivity index (χ2v) is 9.04. The number of piperidine rings is 1. The summed E-state index contributed by atoms with van der Waals surface area (Å²) < 4.78 is 60.6. The molecular weight excluding hydrogens is 382 g/mol. The van der Waals surface area contributed by atoms with Crippen LogP contribution in [0.25, 0.3) is 11.6 Å². The van der Waals surface area contributed by atoms with Crippen LogP contribution in [0.4, 0.5) is 8.78 Å². The molecule has 27 heavy (non-hydrogen) atoms. The third kappa shape index (κ3) is 2.46. The summed E-state index contributed by atoms with van der Waals surface area (Å²) in [4.78, 5) is 0. The fraction of sp³-hybridized carbons (Fsp3) is 0.667. The fourth-order valence-electron chi connectivity index (χ4n) is 4.21. The van der Waals surface area contributed by atoms with Gasteiger partial charge in [-0.05, 0) is 31.7 Å². The lowest BCUT2D eigenvalue weighted by atomic mass is 9.91. The van der Waals surface area contributed by atoms with Gasteiger partial charge >= 0.3 is 0 Å². The van der Waals surface area contributed by atoms with Gasteiger partial charge in [0.25, 0.3) is 22.0 Å². The molecular formula is C15H18F2N6O3S. The highest BCUT2D eigenvalue weighted by Crippen LogP contribution is 2.75. The highest BCUT2D eigenvalue weighted by Gasteiger charge is 2.82. The summed E-state index contributed by atoms with van der Waals surface area (Å²) in [6.45, 7) is -0.0826. The van der Waals surface area contributed by atoms with Crippen molar-refractivity contribution >= 4 is 10.2 Å². The molecule has 2 saturated carbocycles. The fourth-order valence-corrected chi connectivity index (χ4v) is 4.90. The van der Waals surface area contributed by atoms with Crippen molar-refractivity contribution in [1.29, 1.82) is 0 Å². The Kier molecular flexibility index (Phi) is 3.39. The Morgan fingerprint density at radius 2 is 1.93 bits per heavy atom. The number of nitrogens with two attached hydrogens (primary N) is 1. The van der Waals surface area contributed by atoms with Gasteiger partial charge in [-0.15, -0.1) is 10.2 Å². The quantitative estimate of drug-likeness (QED) is 0.826. The molecule has 2 aliphatic carbocycles. The molecule has 1 spiro atoms. The number of rotatable bonds is 4. The van der Waals surface area contributed by atoms with E-state index in [0.717, 1.165) is 17.1 Å². The largest absolute Gasteiger partial charge is 0.419 e. The number of aromatic nitrogens is 4. The van der Waals surface area contributed by atoms with Crippen LogP contribution < -0.4 is 5.14 Å². The highest BCUT2D eigenvalue weighted by atomic mass is 32.2. The normalized spacial score (nSPS) is 27.1. The summed E-state index contributed by atoms with van der Waals surface area (Å²) in [7, 11) is -3.87. The molecule has 2 aromatic heterocycles. The zero-order chi connectivity index (χ0) is 19.0. The van der Waals surface area contributed by atoms with E-state index in [9.17, 15) is 17.2 Å². The van der Waals surface area contributed by atoms with Crippen molar-refractivity contribution in [1.82, 2.24) is 24.3 Å². The van der Waals surface area contributed by atoms with Gasteiger partial charge in [0, 0.05) is 19.3 Å². The number of nitrogens with zero attached hydrogens (tertiary/aromatic N) is 5. The van der Waals surface area contributed by atoms with Crippen molar-refractivity contribution < 1.29 is 21.6 Å². The minimum atomic E-state index is -3.87. The van der Waals surface area contributed by atoms with Gasteiger partial charge < -0.3 is 4.42 Å². The van der Waals surface area contributed by atoms with Crippen molar-refractivity contribution in [3.8, 4) is 11.6 Å². The molecule has 2 aromatic rings. The molecule has 3 fully saturated rings. The van der Waals surface area contributed by atoms with E-state index in [0.29, 0.717) is 11.7 Å². The molecule has 2 N–H and O–H groups in total. The van der Waals surface area contributed by atoms with E-state index >= 15 is 0 Å². The monoisotopic (exact) mass is 400 g/mol. The van der Waals surface area contributed by atoms with Gasteiger partial charge in [0.05, 0.1) is 11.5 Å². The maximum absolute atomic E-state index is 14.7. The molecule has 0 aromatic carbocycles. The summed E-state index contributed by atoms with van der Waals surface area (Å²) in [5.74, 6) is -4.15. The summed E-state index contributed by atoms with van der Waals surface area (Å²) >= 11 is 0. The Bertz CT molecular complexity index is 991. The van der Waals surface area contributed by atoms with Crippen LogP contribution in [0.2, 0.25) is 0 Å². The van der Waals surface area contributed by atoms with E-state index in [1.165, 1.54) is 0 Å². The van der Waals surface area contributed by atoms with Crippen LogP contribution in [-0.2, 0) is 10.2 Å². The minimum Gasteiger partial charge on any atom is -0.419 e. The van der Waals surface area contributed by atoms with E-state index in [4.69, 9.17) is 9.56 Å².